The molecule has 2 aromatic carbocycles. The van der Waals surface area contributed by atoms with Gasteiger partial charge in [-0.2, -0.15) is 10.2 Å². The van der Waals surface area contributed by atoms with Crippen molar-refractivity contribution in [3.63, 3.8) is 0 Å². The Morgan fingerprint density at radius 2 is 1.00 bits per heavy atom. The highest BCUT2D eigenvalue weighted by atomic mass is 15.2. The third kappa shape index (κ3) is 7.43. The van der Waals surface area contributed by atoms with Crippen LogP contribution in [-0.2, 0) is 12.8 Å². The number of rotatable bonds is 11. The van der Waals surface area contributed by atoms with Gasteiger partial charge >= 0.3 is 0 Å². The van der Waals surface area contributed by atoms with Crippen LogP contribution in [0.25, 0.3) is 0 Å². The van der Waals surface area contributed by atoms with Gasteiger partial charge in [0.25, 0.3) is 0 Å². The highest BCUT2D eigenvalue weighted by Crippen LogP contribution is 2.08. The van der Waals surface area contributed by atoms with Gasteiger partial charge in [0.2, 0.25) is 0 Å². The first-order valence-corrected chi connectivity index (χ1v) is 9.28. The molecule has 2 rings (SSSR count). The molecule has 134 valence electrons. The van der Waals surface area contributed by atoms with E-state index in [4.69, 9.17) is 0 Å². The first-order chi connectivity index (χ1) is 12.8. The van der Waals surface area contributed by atoms with Crippen molar-refractivity contribution in [3.05, 3.63) is 96.1 Å². The molecule has 0 saturated heterocycles. The molecular formula is C24H28N2. The van der Waals surface area contributed by atoms with E-state index in [0.717, 1.165) is 49.7 Å². The van der Waals surface area contributed by atoms with Crippen molar-refractivity contribution in [2.24, 2.45) is 10.2 Å². The van der Waals surface area contributed by atoms with E-state index in [1.165, 1.54) is 11.1 Å². The van der Waals surface area contributed by atoms with Gasteiger partial charge in [0.15, 0.2) is 0 Å². The topological polar surface area (TPSA) is 24.7 Å². The molecule has 0 aliphatic rings. The number of unbranched alkanes of at least 4 members (excludes halogenated alkanes) is 2. The lowest BCUT2D eigenvalue weighted by molar-refractivity contribution is 0.844. The van der Waals surface area contributed by atoms with Gasteiger partial charge in [-0.3, -0.25) is 0 Å². The first kappa shape index (κ1) is 19.6. The largest absolute Gasteiger partial charge is 0.159 e. The van der Waals surface area contributed by atoms with E-state index in [9.17, 15) is 0 Å². The summed E-state index contributed by atoms with van der Waals surface area (Å²) in [6, 6.07) is 16.9. The van der Waals surface area contributed by atoms with Gasteiger partial charge in [-0.05, 0) is 60.8 Å². The lowest BCUT2D eigenvalue weighted by Crippen LogP contribution is -1.87. The van der Waals surface area contributed by atoms with Gasteiger partial charge in [-0.25, -0.2) is 0 Å². The van der Waals surface area contributed by atoms with Crippen LogP contribution in [0, 0.1) is 0 Å². The second kappa shape index (κ2) is 11.8. The molecule has 0 unspecified atom stereocenters. The Hall–Kier alpha value is -2.74. The van der Waals surface area contributed by atoms with Crippen molar-refractivity contribution in [2.45, 2.75) is 38.5 Å². The molecule has 0 N–H and O–H groups in total. The first-order valence-electron chi connectivity index (χ1n) is 9.28. The second-order valence-electron chi connectivity index (χ2n) is 6.33. The van der Waals surface area contributed by atoms with E-state index < -0.39 is 0 Å². The normalized spacial score (nSPS) is 11.2. The quantitative estimate of drug-likeness (QED) is 0.202. The molecule has 0 aromatic heterocycles. The third-order valence-electron chi connectivity index (χ3n) is 4.19. The number of nitrogens with zero attached hydrogens (tertiary/aromatic N) is 2. The summed E-state index contributed by atoms with van der Waals surface area (Å²) >= 11 is 0. The molecule has 0 atom stereocenters. The monoisotopic (exact) mass is 344 g/mol. The van der Waals surface area contributed by atoms with Gasteiger partial charge in [0.1, 0.15) is 0 Å². The van der Waals surface area contributed by atoms with E-state index >= 15 is 0 Å². The number of hydrogen-bond donors (Lipinski definition) is 0. The standard InChI is InChI=1S/C24H28N2/c1-3-5-7-9-21-11-15-23(16-12-21)19-25-26-20-24-17-13-22(14-18-24)10-8-6-4-2/h3-4,11-20H,1-2,5-10H2/b25-19+,26-20+. The van der Waals surface area contributed by atoms with Crippen molar-refractivity contribution < 1.29 is 0 Å². The Morgan fingerprint density at radius 3 is 1.35 bits per heavy atom. The fourth-order valence-corrected chi connectivity index (χ4v) is 2.64. The molecule has 0 fully saturated rings. The van der Waals surface area contributed by atoms with Crippen LogP contribution in [0.5, 0.6) is 0 Å². The molecule has 2 aromatic rings. The van der Waals surface area contributed by atoms with Gasteiger partial charge in [0.05, 0.1) is 12.4 Å². The molecule has 0 spiro atoms. The highest BCUT2D eigenvalue weighted by molar-refractivity contribution is 5.82. The summed E-state index contributed by atoms with van der Waals surface area (Å²) < 4.78 is 0. The van der Waals surface area contributed by atoms with Gasteiger partial charge < -0.3 is 0 Å². The van der Waals surface area contributed by atoms with Crippen LogP contribution in [-0.4, -0.2) is 12.4 Å². The van der Waals surface area contributed by atoms with Crippen molar-refractivity contribution in [3.8, 4) is 0 Å². The maximum atomic E-state index is 4.15. The Kier molecular flexibility index (Phi) is 8.85. The van der Waals surface area contributed by atoms with Crippen LogP contribution >= 0.6 is 0 Å². The van der Waals surface area contributed by atoms with Crippen LogP contribution in [0.4, 0.5) is 0 Å². The van der Waals surface area contributed by atoms with Crippen molar-refractivity contribution in [2.75, 3.05) is 0 Å². The van der Waals surface area contributed by atoms with E-state index in [1.54, 1.807) is 12.4 Å². The van der Waals surface area contributed by atoms with Crippen molar-refractivity contribution in [1.82, 2.24) is 0 Å². The van der Waals surface area contributed by atoms with Gasteiger partial charge in [-0.15, -0.1) is 13.2 Å². The maximum absolute atomic E-state index is 4.15. The SMILES string of the molecule is C=CCCCc1ccc(/C=N/N=C/c2ccc(CCCC=C)cc2)cc1. The van der Waals surface area contributed by atoms with E-state index in [-0.39, 0.29) is 0 Å². The molecule has 0 heterocycles. The minimum atomic E-state index is 1.06. The van der Waals surface area contributed by atoms with Gasteiger partial charge in [-0.1, -0.05) is 60.7 Å². The van der Waals surface area contributed by atoms with E-state index in [2.05, 4.69) is 71.9 Å². The number of allylic oxidation sites excluding steroid dienone is 2. The predicted molar refractivity (Wildman–Crippen MR) is 114 cm³/mol. The lowest BCUT2D eigenvalue weighted by atomic mass is 10.1. The summed E-state index contributed by atoms with van der Waals surface area (Å²) in [5, 5.41) is 8.29. The molecule has 0 aliphatic carbocycles. The van der Waals surface area contributed by atoms with Gasteiger partial charge in [0, 0.05) is 0 Å². The lowest BCUT2D eigenvalue weighted by Gasteiger charge is -2.00. The van der Waals surface area contributed by atoms with Crippen molar-refractivity contribution in [1.29, 1.82) is 0 Å². The molecule has 0 saturated carbocycles. The fraction of sp³-hybridized carbons (Fsp3) is 0.250. The predicted octanol–water partition coefficient (Wildman–Crippen LogP) is 6.16. The van der Waals surface area contributed by atoms with Crippen LogP contribution in [0.15, 0.2) is 84.0 Å². The van der Waals surface area contributed by atoms with Crippen LogP contribution in [0.3, 0.4) is 0 Å². The Labute approximate surface area is 157 Å². The summed E-state index contributed by atoms with van der Waals surface area (Å²) in [5.41, 5.74) is 4.82. The number of hydrogen-bond acceptors (Lipinski definition) is 2. The Balaban J connectivity index is 1.81. The summed E-state index contributed by atoms with van der Waals surface area (Å²) in [6.07, 6.45) is 14.1. The highest BCUT2D eigenvalue weighted by Gasteiger charge is 1.94. The summed E-state index contributed by atoms with van der Waals surface area (Å²) in [7, 11) is 0. The zero-order valence-electron chi connectivity index (χ0n) is 15.5. The second-order valence-corrected chi connectivity index (χ2v) is 6.33. The molecule has 0 radical (unpaired) electrons. The molecule has 0 bridgehead atoms. The summed E-state index contributed by atoms with van der Waals surface area (Å²) in [4.78, 5) is 0. The fourth-order valence-electron chi connectivity index (χ4n) is 2.64. The summed E-state index contributed by atoms with van der Waals surface area (Å²) in [5.74, 6) is 0. The zero-order chi connectivity index (χ0) is 18.5. The average molecular weight is 345 g/mol. The maximum Gasteiger partial charge on any atom is 0.0568 e. The zero-order valence-corrected chi connectivity index (χ0v) is 15.5. The minimum absolute atomic E-state index is 1.06. The van der Waals surface area contributed by atoms with Crippen molar-refractivity contribution >= 4 is 12.4 Å². The molecule has 2 nitrogen and oxygen atoms in total. The Morgan fingerprint density at radius 1 is 0.615 bits per heavy atom. The number of aryl methyl sites for hydroxylation is 2. The summed E-state index contributed by atoms with van der Waals surface area (Å²) in [6.45, 7) is 7.51. The third-order valence-corrected chi connectivity index (χ3v) is 4.19. The molecule has 2 heteroatoms. The smallest absolute Gasteiger partial charge is 0.0568 e. The van der Waals surface area contributed by atoms with E-state index in [1.807, 2.05) is 12.2 Å². The van der Waals surface area contributed by atoms with Crippen LogP contribution < -0.4 is 0 Å². The molecule has 26 heavy (non-hydrogen) atoms. The van der Waals surface area contributed by atoms with Crippen LogP contribution in [0.1, 0.15) is 47.9 Å². The molecular weight excluding hydrogens is 316 g/mol. The van der Waals surface area contributed by atoms with Crippen LogP contribution in [0.2, 0.25) is 0 Å². The van der Waals surface area contributed by atoms with E-state index in [0.29, 0.717) is 0 Å². The number of benzene rings is 2. The average Bonchev–Trinajstić information content (AvgIpc) is 2.68. The Bertz CT molecular complexity index is 656. The molecule has 0 amide bonds. The molecule has 0 aliphatic heterocycles. The minimum Gasteiger partial charge on any atom is -0.159 e.